The van der Waals surface area contributed by atoms with E-state index in [2.05, 4.69) is 38.2 Å². The van der Waals surface area contributed by atoms with E-state index >= 15 is 0 Å². The van der Waals surface area contributed by atoms with Gasteiger partial charge in [0, 0.05) is 12.8 Å². The Morgan fingerprint density at radius 2 is 0.857 bits per heavy atom. The number of hydrogen-bond donors (Lipinski definition) is 6. The highest BCUT2D eigenvalue weighted by molar-refractivity contribution is 7.47. The summed E-state index contributed by atoms with van der Waals surface area (Å²) in [7, 11) is -5.12. The molecular formula is C49H91O13P. The molecule has 1 aliphatic rings. The number of ether oxygens (including phenoxy) is 2. The van der Waals surface area contributed by atoms with Crippen LogP contribution in [0.15, 0.2) is 24.3 Å². The van der Waals surface area contributed by atoms with Crippen molar-refractivity contribution in [1.29, 1.82) is 0 Å². The lowest BCUT2D eigenvalue weighted by Gasteiger charge is -2.41. The molecule has 1 fully saturated rings. The molecule has 370 valence electrons. The van der Waals surface area contributed by atoms with Crippen molar-refractivity contribution >= 4 is 19.8 Å². The van der Waals surface area contributed by atoms with Gasteiger partial charge in [-0.25, -0.2) is 4.57 Å². The third-order valence-electron chi connectivity index (χ3n) is 11.8. The third kappa shape index (κ3) is 31.8. The topological polar surface area (TPSA) is 210 Å². The molecule has 14 heteroatoms. The Balaban J connectivity index is 2.41. The number of esters is 2. The normalized spacial score (nSPS) is 21.8. The van der Waals surface area contributed by atoms with Crippen LogP contribution in [0.5, 0.6) is 0 Å². The highest BCUT2D eigenvalue weighted by atomic mass is 31.2. The molecule has 0 aromatic heterocycles. The number of aliphatic hydroxyl groups is 5. The maximum absolute atomic E-state index is 12.8. The summed E-state index contributed by atoms with van der Waals surface area (Å²) in [5.74, 6) is -1.11. The van der Waals surface area contributed by atoms with Gasteiger partial charge in [-0.15, -0.1) is 0 Å². The van der Waals surface area contributed by atoms with Gasteiger partial charge in [0.2, 0.25) is 0 Å². The van der Waals surface area contributed by atoms with Crippen LogP contribution in [0, 0.1) is 0 Å². The van der Waals surface area contributed by atoms with E-state index in [0.29, 0.717) is 12.8 Å². The Kier molecular flexibility index (Phi) is 37.2. The number of carbonyl (C=O) groups is 2. The first-order chi connectivity index (χ1) is 30.4. The molecule has 0 bridgehead atoms. The molecule has 0 aromatic rings. The minimum atomic E-state index is -5.12. The maximum Gasteiger partial charge on any atom is 0.472 e. The summed E-state index contributed by atoms with van der Waals surface area (Å²) in [6, 6.07) is 0. The Labute approximate surface area is 381 Å². The molecule has 0 aliphatic heterocycles. The van der Waals surface area contributed by atoms with Gasteiger partial charge in [0.15, 0.2) is 6.10 Å². The van der Waals surface area contributed by atoms with E-state index in [4.69, 9.17) is 18.5 Å². The van der Waals surface area contributed by atoms with E-state index in [1.54, 1.807) is 0 Å². The molecule has 0 heterocycles. The minimum Gasteiger partial charge on any atom is -0.462 e. The Hall–Kier alpha value is -1.67. The first-order valence-corrected chi connectivity index (χ1v) is 26.6. The molecule has 1 aliphatic carbocycles. The summed E-state index contributed by atoms with van der Waals surface area (Å²) in [5.41, 5.74) is 0. The summed E-state index contributed by atoms with van der Waals surface area (Å²) in [4.78, 5) is 35.8. The van der Waals surface area contributed by atoms with Crippen LogP contribution in [0.25, 0.3) is 0 Å². The molecule has 1 saturated carbocycles. The van der Waals surface area contributed by atoms with Crippen molar-refractivity contribution in [2.45, 2.75) is 262 Å². The summed E-state index contributed by atoms with van der Waals surface area (Å²) >= 11 is 0. The van der Waals surface area contributed by atoms with Crippen LogP contribution in [0.1, 0.15) is 219 Å². The number of aliphatic hydroxyl groups excluding tert-OH is 5. The molecule has 8 atom stereocenters. The fraction of sp³-hybridized carbons (Fsp3) is 0.878. The van der Waals surface area contributed by atoms with E-state index in [-0.39, 0.29) is 12.8 Å². The highest BCUT2D eigenvalue weighted by Crippen LogP contribution is 2.47. The minimum absolute atomic E-state index is 0.0983. The van der Waals surface area contributed by atoms with Crippen LogP contribution in [0.4, 0.5) is 0 Å². The molecule has 6 N–H and O–H groups in total. The van der Waals surface area contributed by atoms with Crippen molar-refractivity contribution in [1.82, 2.24) is 0 Å². The second kappa shape index (κ2) is 39.5. The van der Waals surface area contributed by atoms with Crippen molar-refractivity contribution in [3.05, 3.63) is 24.3 Å². The molecule has 1 rings (SSSR count). The quantitative estimate of drug-likeness (QED) is 0.0146. The number of rotatable bonds is 42. The van der Waals surface area contributed by atoms with Gasteiger partial charge in [-0.2, -0.15) is 0 Å². The van der Waals surface area contributed by atoms with Crippen LogP contribution in [-0.2, 0) is 32.7 Å². The van der Waals surface area contributed by atoms with E-state index in [1.807, 2.05) is 0 Å². The fourth-order valence-electron chi connectivity index (χ4n) is 7.73. The molecule has 0 spiro atoms. The van der Waals surface area contributed by atoms with Crippen molar-refractivity contribution in [3.8, 4) is 0 Å². The molecule has 0 aromatic carbocycles. The van der Waals surface area contributed by atoms with Crippen LogP contribution in [-0.4, -0.2) is 98.3 Å². The summed E-state index contributed by atoms with van der Waals surface area (Å²) in [6.07, 6.45) is 30.8. The van der Waals surface area contributed by atoms with Gasteiger partial charge in [-0.3, -0.25) is 18.6 Å². The van der Waals surface area contributed by atoms with Gasteiger partial charge in [-0.1, -0.05) is 186 Å². The maximum atomic E-state index is 12.8. The molecule has 0 radical (unpaired) electrons. The highest BCUT2D eigenvalue weighted by Gasteiger charge is 2.51. The first kappa shape index (κ1) is 59.3. The van der Waals surface area contributed by atoms with Gasteiger partial charge in [0.25, 0.3) is 0 Å². The Morgan fingerprint density at radius 3 is 1.32 bits per heavy atom. The largest absolute Gasteiger partial charge is 0.472 e. The van der Waals surface area contributed by atoms with Gasteiger partial charge in [0.1, 0.15) is 43.2 Å². The lowest BCUT2D eigenvalue weighted by molar-refractivity contribution is -0.220. The van der Waals surface area contributed by atoms with Crippen molar-refractivity contribution in [2.24, 2.45) is 0 Å². The SMILES string of the molecule is CCCCC/C=C\C/C=C\CCCCCCCC(=O)OC[C@H](COP(=O)(O)OC1C(O)C(O)C(O)[C@@H](O)C1O)OC(=O)CCCCCCCCCCCCCCCCCCCCC. The summed E-state index contributed by atoms with van der Waals surface area (Å²) < 4.78 is 33.6. The van der Waals surface area contributed by atoms with Gasteiger partial charge in [0.05, 0.1) is 6.61 Å². The van der Waals surface area contributed by atoms with Crippen LogP contribution in [0.2, 0.25) is 0 Å². The number of hydrogen-bond acceptors (Lipinski definition) is 12. The van der Waals surface area contributed by atoms with E-state index in [0.717, 1.165) is 64.2 Å². The average Bonchev–Trinajstić information content (AvgIpc) is 3.26. The number of phosphoric ester groups is 1. The monoisotopic (exact) mass is 919 g/mol. The lowest BCUT2D eigenvalue weighted by Crippen LogP contribution is -2.64. The fourth-order valence-corrected chi connectivity index (χ4v) is 8.70. The molecular weight excluding hydrogens is 827 g/mol. The van der Waals surface area contributed by atoms with Crippen LogP contribution < -0.4 is 0 Å². The zero-order valence-electron chi connectivity index (χ0n) is 39.4. The predicted octanol–water partition coefficient (Wildman–Crippen LogP) is 10.4. The molecule has 0 saturated heterocycles. The van der Waals surface area contributed by atoms with Gasteiger partial charge in [-0.05, 0) is 44.9 Å². The number of allylic oxidation sites excluding steroid dienone is 4. The van der Waals surface area contributed by atoms with E-state index < -0.39 is 75.7 Å². The number of carbonyl (C=O) groups excluding carboxylic acids is 2. The van der Waals surface area contributed by atoms with Gasteiger partial charge < -0.3 is 39.9 Å². The molecule has 0 amide bonds. The molecule has 13 nitrogen and oxygen atoms in total. The van der Waals surface area contributed by atoms with Gasteiger partial charge >= 0.3 is 19.8 Å². The number of phosphoric acid groups is 1. The molecule has 6 unspecified atom stereocenters. The van der Waals surface area contributed by atoms with Crippen molar-refractivity contribution in [2.75, 3.05) is 13.2 Å². The second-order valence-electron chi connectivity index (χ2n) is 17.7. The zero-order chi connectivity index (χ0) is 46.4. The number of unbranched alkanes of at least 4 members (excludes halogenated alkanes) is 26. The predicted molar refractivity (Wildman–Crippen MR) is 249 cm³/mol. The average molecular weight is 919 g/mol. The second-order valence-corrected chi connectivity index (χ2v) is 19.1. The Morgan fingerprint density at radius 1 is 0.492 bits per heavy atom. The standard InChI is InChI=1S/C49H91O13P/c1-3-5-7-9-11-13-15-17-19-20-21-22-24-26-28-30-32-34-36-38-43(51)61-41(40-60-63(57,58)62-49-47(55)45(53)44(52)46(54)48(49)56)39-59-42(50)37-35-33-31-29-27-25-23-18-16-14-12-10-8-6-4-2/h12,14,18,23,41,44-49,52-56H,3-11,13,15-17,19-22,24-40H2,1-2H3,(H,57,58)/b14-12-,23-18-/t41-,44?,45-,46?,47?,48?,49?/m1/s1. The summed E-state index contributed by atoms with van der Waals surface area (Å²) in [6.45, 7) is 3.29. The van der Waals surface area contributed by atoms with E-state index in [1.165, 1.54) is 116 Å². The van der Waals surface area contributed by atoms with Crippen molar-refractivity contribution < 1.29 is 63.1 Å². The van der Waals surface area contributed by atoms with E-state index in [9.17, 15) is 44.6 Å². The Bertz CT molecular complexity index is 1200. The van der Waals surface area contributed by atoms with Crippen LogP contribution in [0.3, 0.4) is 0 Å². The summed E-state index contributed by atoms with van der Waals surface area (Å²) in [5, 5.41) is 50.2. The van der Waals surface area contributed by atoms with Crippen molar-refractivity contribution in [3.63, 3.8) is 0 Å². The lowest BCUT2D eigenvalue weighted by atomic mass is 9.85. The smallest absolute Gasteiger partial charge is 0.462 e. The van der Waals surface area contributed by atoms with Crippen LogP contribution >= 0.6 is 7.82 Å². The zero-order valence-corrected chi connectivity index (χ0v) is 40.3. The first-order valence-electron chi connectivity index (χ1n) is 25.1. The third-order valence-corrected chi connectivity index (χ3v) is 12.8. The molecule has 63 heavy (non-hydrogen) atoms.